The minimum Gasteiger partial charge on any atom is -0.392 e. The molecular weight excluding hydrogens is 178 g/mol. The predicted molar refractivity (Wildman–Crippen MR) is 47.1 cm³/mol. The summed E-state index contributed by atoms with van der Waals surface area (Å²) in [6.45, 7) is 2.82. The normalized spacial score (nSPS) is 26.4. The van der Waals surface area contributed by atoms with Crippen LogP contribution in [0.5, 0.6) is 0 Å². The lowest BCUT2D eigenvalue weighted by Crippen LogP contribution is -2.32. The molecule has 0 aromatic heterocycles. The first-order valence-electron chi connectivity index (χ1n) is 4.15. The average Bonchev–Trinajstić information content (AvgIpc) is 2.31. The van der Waals surface area contributed by atoms with Crippen LogP contribution in [-0.2, 0) is 4.79 Å². The lowest BCUT2D eigenvalue weighted by molar-refractivity contribution is -0.128. The van der Waals surface area contributed by atoms with Gasteiger partial charge in [-0.2, -0.15) is 0 Å². The van der Waals surface area contributed by atoms with Crippen molar-refractivity contribution in [1.29, 1.82) is 0 Å². The van der Waals surface area contributed by atoms with E-state index in [4.69, 9.17) is 16.7 Å². The number of likely N-dealkylation sites (tertiary alicyclic amines) is 1. The maximum atomic E-state index is 11.2. The van der Waals surface area contributed by atoms with E-state index in [2.05, 4.69) is 0 Å². The third kappa shape index (κ3) is 2.35. The van der Waals surface area contributed by atoms with Crippen LogP contribution in [-0.4, -0.2) is 41.0 Å². The van der Waals surface area contributed by atoms with E-state index in [-0.39, 0.29) is 11.8 Å². The summed E-state index contributed by atoms with van der Waals surface area (Å²) in [7, 11) is 0. The molecule has 1 rings (SSSR count). The molecule has 1 aliphatic heterocycles. The number of hydrogen-bond donors (Lipinski definition) is 1. The molecule has 0 radical (unpaired) electrons. The molecule has 70 valence electrons. The molecule has 0 spiro atoms. The minimum absolute atomic E-state index is 0.113. The number of nitrogens with zero attached hydrogens (tertiary/aromatic N) is 1. The number of aliphatic hydroxyl groups is 1. The molecule has 2 unspecified atom stereocenters. The molecule has 1 heterocycles. The summed E-state index contributed by atoms with van der Waals surface area (Å²) in [6, 6.07) is 0. The average molecular weight is 192 g/mol. The van der Waals surface area contributed by atoms with Gasteiger partial charge in [-0.05, 0) is 12.8 Å². The van der Waals surface area contributed by atoms with Gasteiger partial charge in [0, 0.05) is 25.4 Å². The van der Waals surface area contributed by atoms with Crippen LogP contribution < -0.4 is 0 Å². The molecular formula is C8H14ClNO2. The molecule has 4 heteroatoms. The van der Waals surface area contributed by atoms with E-state index in [1.54, 1.807) is 11.8 Å². The number of alkyl halides is 1. The highest BCUT2D eigenvalue weighted by atomic mass is 35.5. The molecule has 0 aromatic rings. The van der Waals surface area contributed by atoms with Crippen molar-refractivity contribution in [2.24, 2.45) is 5.92 Å². The van der Waals surface area contributed by atoms with Crippen molar-refractivity contribution >= 4 is 17.5 Å². The van der Waals surface area contributed by atoms with Gasteiger partial charge in [0.2, 0.25) is 5.91 Å². The van der Waals surface area contributed by atoms with Crippen LogP contribution in [0, 0.1) is 5.92 Å². The summed E-state index contributed by atoms with van der Waals surface area (Å²) in [5, 5.41) is 9.06. The Bertz CT molecular complexity index is 172. The summed E-state index contributed by atoms with van der Waals surface area (Å²) in [5.74, 6) is 0.918. The number of aliphatic hydroxyl groups excluding tert-OH is 1. The van der Waals surface area contributed by atoms with Gasteiger partial charge in [0.15, 0.2) is 0 Å². The van der Waals surface area contributed by atoms with Gasteiger partial charge < -0.3 is 10.0 Å². The second-order valence-corrected chi connectivity index (χ2v) is 3.68. The smallest absolute Gasteiger partial charge is 0.223 e. The Balaban J connectivity index is 2.41. The molecule has 12 heavy (non-hydrogen) atoms. The van der Waals surface area contributed by atoms with E-state index in [1.807, 2.05) is 0 Å². The van der Waals surface area contributed by atoms with Gasteiger partial charge in [-0.3, -0.25) is 4.79 Å². The number of hydrogen-bond acceptors (Lipinski definition) is 2. The Kier molecular flexibility index (Phi) is 3.35. The number of carbonyl (C=O) groups excluding carboxylic acids is 1. The maximum absolute atomic E-state index is 11.2. The zero-order valence-corrected chi connectivity index (χ0v) is 7.92. The fourth-order valence-corrected chi connectivity index (χ4v) is 1.66. The Hall–Kier alpha value is -0.280. The number of halogens is 1. The van der Waals surface area contributed by atoms with Gasteiger partial charge in [-0.25, -0.2) is 0 Å². The standard InChI is InChI=1S/C8H14ClNO2/c1-6(11)4-10-5-7(3-9)2-8(10)12/h6-7,11H,2-5H2,1H3. The maximum Gasteiger partial charge on any atom is 0.223 e. The Morgan fingerprint density at radius 2 is 2.50 bits per heavy atom. The number of rotatable bonds is 3. The van der Waals surface area contributed by atoms with Crippen LogP contribution in [0.3, 0.4) is 0 Å². The first kappa shape index (κ1) is 9.81. The van der Waals surface area contributed by atoms with Crippen LogP contribution in [0.2, 0.25) is 0 Å². The number of amides is 1. The summed E-state index contributed by atoms with van der Waals surface area (Å²) in [5.41, 5.74) is 0. The van der Waals surface area contributed by atoms with Gasteiger partial charge in [0.1, 0.15) is 0 Å². The second-order valence-electron chi connectivity index (χ2n) is 3.37. The molecule has 1 N–H and O–H groups in total. The summed E-state index contributed by atoms with van der Waals surface area (Å²) in [4.78, 5) is 12.9. The fourth-order valence-electron chi connectivity index (χ4n) is 1.45. The largest absolute Gasteiger partial charge is 0.392 e. The molecule has 0 aromatic carbocycles. The third-order valence-corrected chi connectivity index (χ3v) is 2.43. The molecule has 3 nitrogen and oxygen atoms in total. The van der Waals surface area contributed by atoms with Crippen molar-refractivity contribution in [3.8, 4) is 0 Å². The van der Waals surface area contributed by atoms with E-state index in [0.717, 1.165) is 0 Å². The second kappa shape index (κ2) is 4.10. The Morgan fingerprint density at radius 1 is 1.83 bits per heavy atom. The van der Waals surface area contributed by atoms with Gasteiger partial charge in [-0.15, -0.1) is 11.6 Å². The zero-order valence-electron chi connectivity index (χ0n) is 7.16. The molecule has 1 aliphatic rings. The van der Waals surface area contributed by atoms with E-state index in [9.17, 15) is 4.79 Å². The van der Waals surface area contributed by atoms with Crippen LogP contribution in [0.4, 0.5) is 0 Å². The Morgan fingerprint density at radius 3 is 2.92 bits per heavy atom. The highest BCUT2D eigenvalue weighted by molar-refractivity contribution is 6.18. The lowest BCUT2D eigenvalue weighted by Gasteiger charge is -2.17. The molecule has 1 fully saturated rings. The van der Waals surface area contributed by atoms with Crippen molar-refractivity contribution in [1.82, 2.24) is 4.90 Å². The highest BCUT2D eigenvalue weighted by Gasteiger charge is 2.29. The summed E-state index contributed by atoms with van der Waals surface area (Å²) in [6.07, 6.45) is 0.0963. The Labute approximate surface area is 77.3 Å². The molecule has 2 atom stereocenters. The summed E-state index contributed by atoms with van der Waals surface area (Å²) >= 11 is 5.63. The lowest BCUT2D eigenvalue weighted by atomic mass is 10.1. The molecule has 0 bridgehead atoms. The predicted octanol–water partition coefficient (Wildman–Crippen LogP) is 0.455. The number of carbonyl (C=O) groups is 1. The SMILES string of the molecule is CC(O)CN1CC(CCl)CC1=O. The van der Waals surface area contributed by atoms with Crippen molar-refractivity contribution in [3.05, 3.63) is 0 Å². The van der Waals surface area contributed by atoms with E-state index >= 15 is 0 Å². The molecule has 0 saturated carbocycles. The van der Waals surface area contributed by atoms with Crippen LogP contribution in [0.1, 0.15) is 13.3 Å². The molecule has 1 amide bonds. The topological polar surface area (TPSA) is 40.5 Å². The van der Waals surface area contributed by atoms with Crippen LogP contribution in [0.25, 0.3) is 0 Å². The van der Waals surface area contributed by atoms with E-state index in [1.165, 1.54) is 0 Å². The zero-order chi connectivity index (χ0) is 9.14. The van der Waals surface area contributed by atoms with Crippen LogP contribution in [0.15, 0.2) is 0 Å². The van der Waals surface area contributed by atoms with Gasteiger partial charge >= 0.3 is 0 Å². The van der Waals surface area contributed by atoms with Crippen molar-refractivity contribution in [2.45, 2.75) is 19.4 Å². The first-order valence-corrected chi connectivity index (χ1v) is 4.68. The quantitative estimate of drug-likeness (QED) is 0.659. The van der Waals surface area contributed by atoms with Crippen LogP contribution >= 0.6 is 11.6 Å². The monoisotopic (exact) mass is 191 g/mol. The van der Waals surface area contributed by atoms with E-state index in [0.29, 0.717) is 25.4 Å². The van der Waals surface area contributed by atoms with Gasteiger partial charge in [0.05, 0.1) is 6.10 Å². The van der Waals surface area contributed by atoms with Gasteiger partial charge in [0.25, 0.3) is 0 Å². The van der Waals surface area contributed by atoms with Crippen molar-refractivity contribution in [3.63, 3.8) is 0 Å². The van der Waals surface area contributed by atoms with Crippen molar-refractivity contribution in [2.75, 3.05) is 19.0 Å². The van der Waals surface area contributed by atoms with Gasteiger partial charge in [-0.1, -0.05) is 0 Å². The summed E-state index contributed by atoms with van der Waals surface area (Å²) < 4.78 is 0. The first-order chi connectivity index (χ1) is 5.63. The fraction of sp³-hybridized carbons (Fsp3) is 0.875. The van der Waals surface area contributed by atoms with E-state index < -0.39 is 6.10 Å². The highest BCUT2D eigenvalue weighted by Crippen LogP contribution is 2.18. The number of β-amino-alcohol motifs (C(OH)–C–C–N with tert-alkyl or cyclic N) is 1. The third-order valence-electron chi connectivity index (χ3n) is 2.00. The minimum atomic E-state index is -0.442. The molecule has 0 aliphatic carbocycles. The molecule has 1 saturated heterocycles. The van der Waals surface area contributed by atoms with Crippen molar-refractivity contribution < 1.29 is 9.90 Å².